The zero-order valence-corrected chi connectivity index (χ0v) is 20.8. The molecule has 0 saturated heterocycles. The standard InChI is InChI=1S/C24H23N3OS.C5H10/c1-15-11-18-7-4-10-26-22(18)13-21(15)24(28)27-16(2)17-5-3-6-19(12-17)23-9-8-20(14-25)29-23;1-2-4-5-3-1/h3-13,16H,14,25H2,1-2H3,(H,27,28);1-5H2. The van der Waals surface area contributed by atoms with Gasteiger partial charge >= 0.3 is 0 Å². The number of aromatic nitrogens is 1. The molecule has 2 aromatic carbocycles. The van der Waals surface area contributed by atoms with Gasteiger partial charge in [-0.15, -0.1) is 11.3 Å². The van der Waals surface area contributed by atoms with Crippen molar-refractivity contribution in [1.82, 2.24) is 10.3 Å². The second-order valence-corrected chi connectivity index (χ2v) is 10.1. The lowest BCUT2D eigenvalue weighted by Gasteiger charge is -2.16. The summed E-state index contributed by atoms with van der Waals surface area (Å²) in [6.45, 7) is 4.51. The van der Waals surface area contributed by atoms with Crippen LogP contribution in [0.2, 0.25) is 0 Å². The third-order valence-corrected chi connectivity index (χ3v) is 7.48. The average molecular weight is 472 g/mol. The highest BCUT2D eigenvalue weighted by atomic mass is 32.1. The molecule has 4 aromatic rings. The molecule has 1 atom stereocenters. The van der Waals surface area contributed by atoms with E-state index in [4.69, 9.17) is 5.73 Å². The van der Waals surface area contributed by atoms with Gasteiger partial charge < -0.3 is 11.1 Å². The van der Waals surface area contributed by atoms with Crippen molar-refractivity contribution in [2.45, 2.75) is 58.5 Å². The van der Waals surface area contributed by atoms with Crippen molar-refractivity contribution in [3.05, 3.63) is 88.4 Å². The van der Waals surface area contributed by atoms with Crippen LogP contribution in [-0.4, -0.2) is 10.9 Å². The highest BCUT2D eigenvalue weighted by molar-refractivity contribution is 7.15. The van der Waals surface area contributed by atoms with Crippen LogP contribution in [0.3, 0.4) is 0 Å². The zero-order valence-electron chi connectivity index (χ0n) is 20.0. The topological polar surface area (TPSA) is 68.0 Å². The minimum atomic E-state index is -0.116. The van der Waals surface area contributed by atoms with Gasteiger partial charge in [0.2, 0.25) is 0 Å². The molecule has 1 unspecified atom stereocenters. The fourth-order valence-electron chi connectivity index (χ4n) is 4.32. The van der Waals surface area contributed by atoms with Gasteiger partial charge in [-0.1, -0.05) is 56.4 Å². The molecule has 5 rings (SSSR count). The molecule has 0 radical (unpaired) electrons. The van der Waals surface area contributed by atoms with Gasteiger partial charge in [0.15, 0.2) is 0 Å². The number of aryl methyl sites for hydroxylation is 1. The maximum absolute atomic E-state index is 12.9. The van der Waals surface area contributed by atoms with Gasteiger partial charge in [0.05, 0.1) is 11.6 Å². The molecule has 34 heavy (non-hydrogen) atoms. The van der Waals surface area contributed by atoms with Gasteiger partial charge in [-0.25, -0.2) is 0 Å². The number of carbonyl (C=O) groups excluding carboxylic acids is 1. The van der Waals surface area contributed by atoms with Gasteiger partial charge in [-0.2, -0.15) is 0 Å². The van der Waals surface area contributed by atoms with E-state index in [1.165, 1.54) is 37.0 Å². The molecule has 176 valence electrons. The molecule has 4 nitrogen and oxygen atoms in total. The highest BCUT2D eigenvalue weighted by Gasteiger charge is 2.15. The van der Waals surface area contributed by atoms with E-state index in [2.05, 4.69) is 34.6 Å². The zero-order chi connectivity index (χ0) is 23.9. The molecular formula is C29H33N3OS. The van der Waals surface area contributed by atoms with Crippen molar-refractivity contribution < 1.29 is 4.79 Å². The predicted molar refractivity (Wildman–Crippen MR) is 143 cm³/mol. The molecule has 0 bridgehead atoms. The number of nitrogens with two attached hydrogens (primary N) is 1. The number of pyridine rings is 1. The third-order valence-electron chi connectivity index (χ3n) is 6.33. The Labute approximate surface area is 206 Å². The molecule has 1 fully saturated rings. The molecule has 1 saturated carbocycles. The molecule has 0 aliphatic heterocycles. The summed E-state index contributed by atoms with van der Waals surface area (Å²) in [6.07, 6.45) is 9.24. The summed E-state index contributed by atoms with van der Waals surface area (Å²) >= 11 is 1.70. The Kier molecular flexibility index (Phi) is 8.09. The van der Waals surface area contributed by atoms with Crippen molar-refractivity contribution in [2.75, 3.05) is 0 Å². The summed E-state index contributed by atoms with van der Waals surface area (Å²) in [6, 6.07) is 20.1. The van der Waals surface area contributed by atoms with E-state index in [-0.39, 0.29) is 11.9 Å². The Morgan fingerprint density at radius 1 is 1.03 bits per heavy atom. The predicted octanol–water partition coefficient (Wildman–Crippen LogP) is 7.17. The number of thiophene rings is 1. The van der Waals surface area contributed by atoms with Crippen LogP contribution in [0.25, 0.3) is 21.3 Å². The smallest absolute Gasteiger partial charge is 0.252 e. The number of carbonyl (C=O) groups is 1. The van der Waals surface area contributed by atoms with E-state index in [0.29, 0.717) is 12.1 Å². The largest absolute Gasteiger partial charge is 0.346 e. The lowest BCUT2D eigenvalue weighted by atomic mass is 10.0. The SMILES string of the molecule is C1CCCC1.Cc1cc2cccnc2cc1C(=O)NC(C)c1cccc(-c2ccc(CN)s2)c1. The lowest BCUT2D eigenvalue weighted by Crippen LogP contribution is -2.27. The Morgan fingerprint density at radius 2 is 1.79 bits per heavy atom. The first-order valence-electron chi connectivity index (χ1n) is 12.1. The summed E-state index contributed by atoms with van der Waals surface area (Å²) < 4.78 is 0. The van der Waals surface area contributed by atoms with Crippen molar-refractivity contribution in [1.29, 1.82) is 0 Å². The second kappa shape index (κ2) is 11.4. The number of nitrogens with one attached hydrogen (secondary N) is 1. The molecule has 5 heteroatoms. The summed E-state index contributed by atoms with van der Waals surface area (Å²) in [4.78, 5) is 19.7. The van der Waals surface area contributed by atoms with Gasteiger partial charge in [0.25, 0.3) is 5.91 Å². The van der Waals surface area contributed by atoms with Crippen LogP contribution < -0.4 is 11.1 Å². The first-order chi connectivity index (χ1) is 16.5. The summed E-state index contributed by atoms with van der Waals surface area (Å²) in [5.41, 5.74) is 10.4. The van der Waals surface area contributed by atoms with E-state index in [9.17, 15) is 4.79 Å². The van der Waals surface area contributed by atoms with Crippen molar-refractivity contribution in [3.8, 4) is 10.4 Å². The van der Waals surface area contributed by atoms with E-state index < -0.39 is 0 Å². The highest BCUT2D eigenvalue weighted by Crippen LogP contribution is 2.30. The lowest BCUT2D eigenvalue weighted by molar-refractivity contribution is 0.0939. The number of nitrogens with zero attached hydrogens (tertiary/aromatic N) is 1. The Bertz CT molecular complexity index is 1250. The molecule has 0 spiro atoms. The molecule has 1 aliphatic carbocycles. The van der Waals surface area contributed by atoms with E-state index in [1.54, 1.807) is 17.5 Å². The molecule has 1 aliphatic rings. The van der Waals surface area contributed by atoms with Crippen molar-refractivity contribution in [2.24, 2.45) is 5.73 Å². The van der Waals surface area contributed by atoms with Crippen LogP contribution in [0.1, 0.15) is 71.4 Å². The molecule has 3 N–H and O–H groups in total. The van der Waals surface area contributed by atoms with Gasteiger partial charge in [0, 0.05) is 33.4 Å². The number of amides is 1. The first kappa shape index (κ1) is 24.1. The van der Waals surface area contributed by atoms with E-state index in [1.807, 2.05) is 50.2 Å². The number of fused-ring (bicyclic) bond motifs is 1. The number of hydrogen-bond acceptors (Lipinski definition) is 4. The van der Waals surface area contributed by atoms with Crippen molar-refractivity contribution in [3.63, 3.8) is 0 Å². The van der Waals surface area contributed by atoms with Crippen LogP contribution in [0.15, 0.2) is 66.9 Å². The second-order valence-electron chi connectivity index (χ2n) is 8.92. The Balaban J connectivity index is 0.000000486. The van der Waals surface area contributed by atoms with Crippen molar-refractivity contribution >= 4 is 28.1 Å². The monoisotopic (exact) mass is 471 g/mol. The van der Waals surface area contributed by atoms with Gasteiger partial charge in [-0.3, -0.25) is 9.78 Å². The van der Waals surface area contributed by atoms with Crippen LogP contribution in [0.5, 0.6) is 0 Å². The fraction of sp³-hybridized carbons (Fsp3) is 0.310. The van der Waals surface area contributed by atoms with Crippen LogP contribution in [-0.2, 0) is 6.54 Å². The minimum Gasteiger partial charge on any atom is -0.346 e. The Morgan fingerprint density at radius 3 is 2.50 bits per heavy atom. The number of hydrogen-bond donors (Lipinski definition) is 2. The van der Waals surface area contributed by atoms with E-state index in [0.717, 1.165) is 32.5 Å². The normalized spacial score (nSPS) is 13.9. The summed E-state index contributed by atoms with van der Waals surface area (Å²) in [5, 5.41) is 4.17. The molecular weight excluding hydrogens is 438 g/mol. The molecule has 2 aromatic heterocycles. The molecule has 1 amide bonds. The maximum Gasteiger partial charge on any atom is 0.252 e. The average Bonchev–Trinajstić information content (AvgIpc) is 3.59. The van der Waals surface area contributed by atoms with Crippen LogP contribution in [0, 0.1) is 6.92 Å². The van der Waals surface area contributed by atoms with Gasteiger partial charge in [-0.05, 0) is 66.9 Å². The number of benzene rings is 2. The number of rotatable bonds is 5. The fourth-order valence-corrected chi connectivity index (χ4v) is 5.21. The summed E-state index contributed by atoms with van der Waals surface area (Å²) in [7, 11) is 0. The quantitative estimate of drug-likeness (QED) is 0.324. The minimum absolute atomic E-state index is 0.0884. The van der Waals surface area contributed by atoms with E-state index >= 15 is 0 Å². The van der Waals surface area contributed by atoms with Crippen LogP contribution in [0.4, 0.5) is 0 Å². The summed E-state index contributed by atoms with van der Waals surface area (Å²) in [5.74, 6) is -0.0884. The maximum atomic E-state index is 12.9. The molecule has 2 heterocycles. The third kappa shape index (κ3) is 5.91. The Hall–Kier alpha value is -3.02. The van der Waals surface area contributed by atoms with Gasteiger partial charge in [0.1, 0.15) is 0 Å². The first-order valence-corrected chi connectivity index (χ1v) is 12.9. The van der Waals surface area contributed by atoms with Crippen LogP contribution >= 0.6 is 11.3 Å².